The van der Waals surface area contributed by atoms with Crippen molar-refractivity contribution < 1.29 is 9.52 Å². The molecular formula is C27H51NO2. The number of hydrogen-bond donors (Lipinski definition) is 1. The van der Waals surface area contributed by atoms with E-state index in [0.29, 0.717) is 0 Å². The molecular weight excluding hydrogens is 370 g/mol. The molecule has 0 spiro atoms. The van der Waals surface area contributed by atoms with Crippen LogP contribution in [0, 0.1) is 0 Å². The number of aliphatic hydroxyl groups is 1. The van der Waals surface area contributed by atoms with Gasteiger partial charge in [-0.25, -0.2) is 0 Å². The van der Waals surface area contributed by atoms with E-state index in [1.165, 1.54) is 103 Å². The van der Waals surface area contributed by atoms with Crippen LogP contribution in [0.1, 0.15) is 135 Å². The van der Waals surface area contributed by atoms with E-state index in [4.69, 9.17) is 4.42 Å². The standard InChI is InChI=1S/C27H51NO2/c1-4-6-8-10-12-14-16-18-22-28(23-19-17-15-13-11-9-7-5-2)27(25(3)29)26-21-20-24-30-26/h20-21,24-25,27,29H,4-19,22-23H2,1-3H3. The van der Waals surface area contributed by atoms with Crippen LogP contribution in [0.15, 0.2) is 22.8 Å². The Bertz CT molecular complexity index is 437. The summed E-state index contributed by atoms with van der Waals surface area (Å²) in [6, 6.07) is 3.94. The third-order valence-corrected chi connectivity index (χ3v) is 6.28. The van der Waals surface area contributed by atoms with Crippen LogP contribution in [0.5, 0.6) is 0 Å². The smallest absolute Gasteiger partial charge is 0.123 e. The molecule has 0 amide bonds. The van der Waals surface area contributed by atoms with Gasteiger partial charge in [0.25, 0.3) is 0 Å². The summed E-state index contributed by atoms with van der Waals surface area (Å²) in [7, 11) is 0. The molecule has 1 heterocycles. The largest absolute Gasteiger partial charge is 0.468 e. The van der Waals surface area contributed by atoms with E-state index in [-0.39, 0.29) is 6.04 Å². The van der Waals surface area contributed by atoms with Crippen molar-refractivity contribution in [3.8, 4) is 0 Å². The second kappa shape index (κ2) is 18.9. The lowest BCUT2D eigenvalue weighted by Gasteiger charge is -2.32. The lowest BCUT2D eigenvalue weighted by molar-refractivity contribution is 0.0450. The van der Waals surface area contributed by atoms with Crippen molar-refractivity contribution in [1.29, 1.82) is 0 Å². The van der Waals surface area contributed by atoms with Crippen molar-refractivity contribution in [2.75, 3.05) is 13.1 Å². The van der Waals surface area contributed by atoms with Gasteiger partial charge in [0, 0.05) is 0 Å². The van der Waals surface area contributed by atoms with Gasteiger partial charge in [-0.05, 0) is 45.0 Å². The first kappa shape index (κ1) is 27.2. The number of unbranched alkanes of at least 4 members (excludes halogenated alkanes) is 14. The highest BCUT2D eigenvalue weighted by atomic mass is 16.3. The predicted molar refractivity (Wildman–Crippen MR) is 130 cm³/mol. The van der Waals surface area contributed by atoms with Crippen LogP contribution in [-0.4, -0.2) is 29.2 Å². The molecule has 0 radical (unpaired) electrons. The molecule has 3 heteroatoms. The predicted octanol–water partition coefficient (Wildman–Crippen LogP) is 8.28. The second-order valence-corrected chi connectivity index (χ2v) is 9.19. The zero-order valence-corrected chi connectivity index (χ0v) is 20.4. The highest BCUT2D eigenvalue weighted by molar-refractivity contribution is 5.06. The van der Waals surface area contributed by atoms with Crippen molar-refractivity contribution in [3.05, 3.63) is 24.2 Å². The fraction of sp³-hybridized carbons (Fsp3) is 0.852. The molecule has 3 nitrogen and oxygen atoms in total. The Morgan fingerprint density at radius 3 is 1.53 bits per heavy atom. The molecule has 0 fully saturated rings. The summed E-state index contributed by atoms with van der Waals surface area (Å²) in [6.45, 7) is 8.57. The minimum atomic E-state index is -0.417. The van der Waals surface area contributed by atoms with Crippen molar-refractivity contribution in [3.63, 3.8) is 0 Å². The maximum absolute atomic E-state index is 10.5. The van der Waals surface area contributed by atoms with E-state index >= 15 is 0 Å². The minimum absolute atomic E-state index is 0.0193. The summed E-state index contributed by atoms with van der Waals surface area (Å²) in [5.74, 6) is 0.907. The molecule has 0 saturated heterocycles. The maximum atomic E-state index is 10.5. The fourth-order valence-corrected chi connectivity index (χ4v) is 4.47. The van der Waals surface area contributed by atoms with Gasteiger partial charge in [-0.3, -0.25) is 4.90 Å². The monoisotopic (exact) mass is 421 g/mol. The number of aliphatic hydroxyl groups excluding tert-OH is 1. The molecule has 176 valence electrons. The Kier molecular flexibility index (Phi) is 17.2. The van der Waals surface area contributed by atoms with Gasteiger partial charge in [-0.15, -0.1) is 0 Å². The van der Waals surface area contributed by atoms with Gasteiger partial charge in [-0.1, -0.05) is 104 Å². The highest BCUT2D eigenvalue weighted by Crippen LogP contribution is 2.26. The summed E-state index contributed by atoms with van der Waals surface area (Å²) in [6.07, 6.45) is 22.7. The van der Waals surface area contributed by atoms with Gasteiger partial charge < -0.3 is 9.52 Å². The molecule has 0 aliphatic heterocycles. The van der Waals surface area contributed by atoms with E-state index in [2.05, 4.69) is 18.7 Å². The Balaban J connectivity index is 2.39. The zero-order chi connectivity index (χ0) is 21.9. The molecule has 1 N–H and O–H groups in total. The van der Waals surface area contributed by atoms with Crippen LogP contribution in [0.3, 0.4) is 0 Å². The number of hydrogen-bond acceptors (Lipinski definition) is 3. The molecule has 0 aliphatic rings. The lowest BCUT2D eigenvalue weighted by atomic mass is 10.0. The molecule has 0 aromatic carbocycles. The first-order valence-corrected chi connectivity index (χ1v) is 13.2. The van der Waals surface area contributed by atoms with Crippen LogP contribution < -0.4 is 0 Å². The van der Waals surface area contributed by atoms with E-state index in [1.54, 1.807) is 6.26 Å². The quantitative estimate of drug-likeness (QED) is 0.203. The average molecular weight is 422 g/mol. The normalized spacial score (nSPS) is 13.8. The topological polar surface area (TPSA) is 36.6 Å². The molecule has 1 aromatic heterocycles. The molecule has 0 bridgehead atoms. The van der Waals surface area contributed by atoms with Crippen LogP contribution in [-0.2, 0) is 0 Å². The van der Waals surface area contributed by atoms with Crippen LogP contribution in [0.4, 0.5) is 0 Å². The maximum Gasteiger partial charge on any atom is 0.123 e. The van der Waals surface area contributed by atoms with Crippen molar-refractivity contribution in [1.82, 2.24) is 4.90 Å². The fourth-order valence-electron chi connectivity index (χ4n) is 4.47. The summed E-state index contributed by atoms with van der Waals surface area (Å²) in [5, 5.41) is 10.5. The number of nitrogens with zero attached hydrogens (tertiary/aromatic N) is 1. The van der Waals surface area contributed by atoms with E-state index in [1.807, 2.05) is 19.1 Å². The SMILES string of the molecule is CCCCCCCCCCN(CCCCCCCCCC)C(c1ccco1)C(C)O. The Hall–Kier alpha value is -0.800. The Labute approximate surface area is 187 Å². The second-order valence-electron chi connectivity index (χ2n) is 9.19. The van der Waals surface area contributed by atoms with Crippen molar-refractivity contribution in [2.24, 2.45) is 0 Å². The summed E-state index contributed by atoms with van der Waals surface area (Å²) in [5.41, 5.74) is 0. The first-order valence-electron chi connectivity index (χ1n) is 13.2. The van der Waals surface area contributed by atoms with Gasteiger partial charge in [0.05, 0.1) is 18.4 Å². The Morgan fingerprint density at radius 2 is 1.17 bits per heavy atom. The van der Waals surface area contributed by atoms with Gasteiger partial charge in [0.15, 0.2) is 0 Å². The molecule has 2 atom stereocenters. The van der Waals surface area contributed by atoms with Gasteiger partial charge in [0.1, 0.15) is 5.76 Å². The van der Waals surface area contributed by atoms with Gasteiger partial charge in [-0.2, -0.15) is 0 Å². The molecule has 2 unspecified atom stereocenters. The van der Waals surface area contributed by atoms with Crippen LogP contribution >= 0.6 is 0 Å². The lowest BCUT2D eigenvalue weighted by Crippen LogP contribution is -2.36. The van der Waals surface area contributed by atoms with Crippen LogP contribution in [0.2, 0.25) is 0 Å². The average Bonchev–Trinajstić information content (AvgIpc) is 3.25. The molecule has 1 rings (SSSR count). The molecule has 0 aliphatic carbocycles. The van der Waals surface area contributed by atoms with Crippen molar-refractivity contribution in [2.45, 2.75) is 136 Å². The van der Waals surface area contributed by atoms with Crippen molar-refractivity contribution >= 4 is 0 Å². The summed E-state index contributed by atoms with van der Waals surface area (Å²) < 4.78 is 5.70. The number of furan rings is 1. The number of rotatable bonds is 21. The Morgan fingerprint density at radius 1 is 0.733 bits per heavy atom. The summed E-state index contributed by atoms with van der Waals surface area (Å²) >= 11 is 0. The third-order valence-electron chi connectivity index (χ3n) is 6.28. The third kappa shape index (κ3) is 12.8. The van der Waals surface area contributed by atoms with Gasteiger partial charge in [0.2, 0.25) is 0 Å². The van der Waals surface area contributed by atoms with E-state index in [9.17, 15) is 5.11 Å². The van der Waals surface area contributed by atoms with E-state index in [0.717, 1.165) is 18.8 Å². The molecule has 30 heavy (non-hydrogen) atoms. The summed E-state index contributed by atoms with van der Waals surface area (Å²) in [4.78, 5) is 2.48. The van der Waals surface area contributed by atoms with Crippen LogP contribution in [0.25, 0.3) is 0 Å². The molecule has 0 saturated carbocycles. The minimum Gasteiger partial charge on any atom is -0.468 e. The molecule has 1 aromatic rings. The van der Waals surface area contributed by atoms with E-state index < -0.39 is 6.10 Å². The first-order chi connectivity index (χ1) is 14.7. The van der Waals surface area contributed by atoms with Gasteiger partial charge >= 0.3 is 0 Å². The zero-order valence-electron chi connectivity index (χ0n) is 20.4. The highest BCUT2D eigenvalue weighted by Gasteiger charge is 2.26.